The molecule has 6 heteroatoms. The van der Waals surface area contributed by atoms with Crippen LogP contribution in [0.3, 0.4) is 0 Å². The second kappa shape index (κ2) is 6.68. The maximum Gasteiger partial charge on any atom is 0.271 e. The Bertz CT molecular complexity index is 417. The van der Waals surface area contributed by atoms with E-state index in [0.717, 1.165) is 32.5 Å². The first-order valence-corrected chi connectivity index (χ1v) is 6.98. The molecule has 1 amide bonds. The van der Waals surface area contributed by atoms with Gasteiger partial charge in [0.15, 0.2) is 0 Å². The summed E-state index contributed by atoms with van der Waals surface area (Å²) in [4.78, 5) is 18.6. The molecule has 1 aromatic rings. The fraction of sp³-hybridized carbons (Fsp3) is 0.692. The van der Waals surface area contributed by atoms with Crippen molar-refractivity contribution in [1.82, 2.24) is 19.8 Å². The summed E-state index contributed by atoms with van der Waals surface area (Å²) in [5.41, 5.74) is 5.95. The van der Waals surface area contributed by atoms with Gasteiger partial charge in [-0.1, -0.05) is 6.92 Å². The van der Waals surface area contributed by atoms with Gasteiger partial charge in [-0.15, -0.1) is 0 Å². The second-order valence-corrected chi connectivity index (χ2v) is 4.99. The molecule has 0 aliphatic carbocycles. The molecular formula is C13H23N5O. The number of hydrogen-bond donors (Lipinski definition) is 2. The van der Waals surface area contributed by atoms with E-state index in [9.17, 15) is 4.79 Å². The highest BCUT2D eigenvalue weighted by molar-refractivity contribution is 5.92. The predicted molar refractivity (Wildman–Crippen MR) is 73.9 cm³/mol. The minimum absolute atomic E-state index is 0.0845. The zero-order chi connectivity index (χ0) is 13.7. The van der Waals surface area contributed by atoms with Crippen LogP contribution in [-0.2, 0) is 6.54 Å². The summed E-state index contributed by atoms with van der Waals surface area (Å²) in [5.74, 6) is -0.0845. The van der Waals surface area contributed by atoms with E-state index in [4.69, 9.17) is 5.73 Å². The molecule has 1 fully saturated rings. The number of carbonyl (C=O) groups is 1. The molecular weight excluding hydrogens is 242 g/mol. The predicted octanol–water partition coefficient (Wildman–Crippen LogP) is 0.0559. The Hall–Kier alpha value is -1.40. The summed E-state index contributed by atoms with van der Waals surface area (Å²) >= 11 is 0. The maximum atomic E-state index is 12.1. The number of amides is 1. The van der Waals surface area contributed by atoms with Crippen molar-refractivity contribution < 1.29 is 4.79 Å². The molecule has 0 bridgehead atoms. The molecule has 0 saturated carbocycles. The van der Waals surface area contributed by atoms with Crippen LogP contribution < -0.4 is 11.1 Å². The molecule has 19 heavy (non-hydrogen) atoms. The van der Waals surface area contributed by atoms with Crippen molar-refractivity contribution in [3.8, 4) is 0 Å². The van der Waals surface area contributed by atoms with E-state index in [1.54, 1.807) is 12.5 Å². The van der Waals surface area contributed by atoms with Crippen LogP contribution in [0, 0.1) is 0 Å². The maximum absolute atomic E-state index is 12.1. The molecule has 1 aliphatic heterocycles. The number of nitrogens with zero attached hydrogens (tertiary/aromatic N) is 3. The number of nitrogens with two attached hydrogens (primary N) is 1. The number of piperidine rings is 1. The molecule has 1 saturated heterocycles. The third kappa shape index (κ3) is 3.78. The van der Waals surface area contributed by atoms with Gasteiger partial charge in [-0.05, 0) is 25.9 Å². The number of nitrogens with one attached hydrogen (secondary N) is 1. The summed E-state index contributed by atoms with van der Waals surface area (Å²) in [5, 5.41) is 3.07. The molecule has 6 nitrogen and oxygen atoms in total. The van der Waals surface area contributed by atoms with Crippen LogP contribution >= 0.6 is 0 Å². The highest BCUT2D eigenvalue weighted by Gasteiger charge is 2.21. The molecule has 0 spiro atoms. The summed E-state index contributed by atoms with van der Waals surface area (Å²) in [6.07, 6.45) is 5.59. The van der Waals surface area contributed by atoms with E-state index in [1.807, 2.05) is 4.57 Å². The monoisotopic (exact) mass is 265 g/mol. The van der Waals surface area contributed by atoms with Crippen LogP contribution in [0.15, 0.2) is 12.5 Å². The molecule has 2 heterocycles. The van der Waals surface area contributed by atoms with Crippen LogP contribution in [0.5, 0.6) is 0 Å². The Morgan fingerprint density at radius 2 is 2.47 bits per heavy atom. The van der Waals surface area contributed by atoms with Crippen molar-refractivity contribution in [1.29, 1.82) is 0 Å². The van der Waals surface area contributed by atoms with Gasteiger partial charge in [-0.2, -0.15) is 0 Å². The van der Waals surface area contributed by atoms with Crippen LogP contribution in [0.4, 0.5) is 0 Å². The third-order valence-electron chi connectivity index (χ3n) is 3.54. The minimum atomic E-state index is -0.0845. The largest absolute Gasteiger partial charge is 0.347 e. The number of imidazole rings is 1. The summed E-state index contributed by atoms with van der Waals surface area (Å²) in [6, 6.07) is 0.237. The van der Waals surface area contributed by atoms with Crippen molar-refractivity contribution in [3.05, 3.63) is 18.2 Å². The Morgan fingerprint density at radius 1 is 1.63 bits per heavy atom. The number of hydrogen-bond acceptors (Lipinski definition) is 4. The smallest absolute Gasteiger partial charge is 0.271 e. The van der Waals surface area contributed by atoms with Crippen LogP contribution in [-0.4, -0.2) is 52.6 Å². The van der Waals surface area contributed by atoms with Gasteiger partial charge in [0.25, 0.3) is 5.91 Å². The van der Waals surface area contributed by atoms with Gasteiger partial charge in [0.05, 0.1) is 6.33 Å². The summed E-state index contributed by atoms with van der Waals surface area (Å²) in [7, 11) is 0. The van der Waals surface area contributed by atoms with Crippen LogP contribution in [0.2, 0.25) is 0 Å². The Kier molecular flexibility index (Phi) is 4.93. The fourth-order valence-corrected chi connectivity index (χ4v) is 2.47. The number of aromatic nitrogens is 2. The lowest BCUT2D eigenvalue weighted by molar-refractivity contribution is 0.0901. The van der Waals surface area contributed by atoms with Crippen LogP contribution in [0.25, 0.3) is 0 Å². The molecule has 1 aliphatic rings. The Morgan fingerprint density at radius 3 is 3.21 bits per heavy atom. The molecule has 1 atom stereocenters. The van der Waals surface area contributed by atoms with E-state index in [1.165, 1.54) is 0 Å². The Balaban J connectivity index is 1.88. The number of likely N-dealkylation sites (tertiary alicyclic amines) is 1. The zero-order valence-electron chi connectivity index (χ0n) is 11.5. The van der Waals surface area contributed by atoms with E-state index >= 15 is 0 Å². The SMILES string of the molecule is CCN1CCCC(NC(=O)c2cn(CCN)cn2)C1. The lowest BCUT2D eigenvalue weighted by Crippen LogP contribution is -2.47. The first kappa shape index (κ1) is 14.0. The van der Waals surface area contributed by atoms with Gasteiger partial charge >= 0.3 is 0 Å². The van der Waals surface area contributed by atoms with Gasteiger partial charge in [-0.3, -0.25) is 4.79 Å². The van der Waals surface area contributed by atoms with Gasteiger partial charge in [0.2, 0.25) is 0 Å². The molecule has 3 N–H and O–H groups in total. The molecule has 1 unspecified atom stereocenters. The van der Waals surface area contributed by atoms with Gasteiger partial charge in [0, 0.05) is 31.9 Å². The van der Waals surface area contributed by atoms with E-state index in [-0.39, 0.29) is 11.9 Å². The summed E-state index contributed by atoms with van der Waals surface area (Å²) < 4.78 is 1.84. The minimum Gasteiger partial charge on any atom is -0.347 e. The van der Waals surface area contributed by atoms with Gasteiger partial charge in [0.1, 0.15) is 5.69 Å². The molecule has 106 valence electrons. The lowest BCUT2D eigenvalue weighted by atomic mass is 10.1. The fourth-order valence-electron chi connectivity index (χ4n) is 2.47. The molecule has 2 rings (SSSR count). The number of likely N-dealkylation sites (N-methyl/N-ethyl adjacent to an activating group) is 1. The normalized spacial score (nSPS) is 20.4. The van der Waals surface area contributed by atoms with E-state index < -0.39 is 0 Å². The molecule has 0 aromatic carbocycles. The summed E-state index contributed by atoms with van der Waals surface area (Å²) in [6.45, 7) is 6.49. The van der Waals surface area contributed by atoms with Crippen molar-refractivity contribution in [3.63, 3.8) is 0 Å². The number of rotatable bonds is 5. The third-order valence-corrected chi connectivity index (χ3v) is 3.54. The first-order valence-electron chi connectivity index (χ1n) is 6.98. The van der Waals surface area contributed by atoms with Crippen LogP contribution in [0.1, 0.15) is 30.3 Å². The highest BCUT2D eigenvalue weighted by atomic mass is 16.2. The van der Waals surface area contributed by atoms with Crippen molar-refractivity contribution in [2.24, 2.45) is 5.73 Å². The first-order chi connectivity index (χ1) is 9.22. The Labute approximate surface area is 114 Å². The zero-order valence-corrected chi connectivity index (χ0v) is 11.5. The van der Waals surface area contributed by atoms with Crippen molar-refractivity contribution in [2.45, 2.75) is 32.4 Å². The second-order valence-electron chi connectivity index (χ2n) is 4.99. The van der Waals surface area contributed by atoms with Gasteiger partial charge < -0.3 is 20.5 Å². The standard InChI is InChI=1S/C13H23N5O/c1-2-17-6-3-4-11(8-17)16-13(19)12-9-18(7-5-14)10-15-12/h9-11H,2-8,14H2,1H3,(H,16,19). The van der Waals surface area contributed by atoms with Gasteiger partial charge in [-0.25, -0.2) is 4.98 Å². The number of carbonyl (C=O) groups excluding carboxylic acids is 1. The highest BCUT2D eigenvalue weighted by Crippen LogP contribution is 2.10. The van der Waals surface area contributed by atoms with E-state index in [0.29, 0.717) is 18.8 Å². The van der Waals surface area contributed by atoms with Crippen molar-refractivity contribution >= 4 is 5.91 Å². The lowest BCUT2D eigenvalue weighted by Gasteiger charge is -2.32. The average molecular weight is 265 g/mol. The topological polar surface area (TPSA) is 76.2 Å². The molecule has 0 radical (unpaired) electrons. The van der Waals surface area contributed by atoms with Crippen molar-refractivity contribution in [2.75, 3.05) is 26.2 Å². The average Bonchev–Trinajstić information content (AvgIpc) is 2.88. The molecule has 1 aromatic heterocycles. The quantitative estimate of drug-likeness (QED) is 0.789. The van der Waals surface area contributed by atoms with E-state index in [2.05, 4.69) is 22.1 Å².